The Labute approximate surface area is 191 Å². The standard InChI is InChI=1S/C15H21O2.3C4H9.Sn/c1-16-12-6-3-7-13-17-14-8-11-15-9-4-2-5-10-15;3*1-3-4-2;/h2-6,9-10,14H,7-8,11-13H2,1H3;3*1,3-4H2,2H3;/b6-3+;;;;. The Morgan fingerprint density at radius 1 is 0.867 bits per heavy atom. The summed E-state index contributed by atoms with van der Waals surface area (Å²) in [6, 6.07) is 11.0. The second-order valence-electron chi connectivity index (χ2n) is 8.77. The first-order valence-electron chi connectivity index (χ1n) is 12.5. The third-order valence-electron chi connectivity index (χ3n) is 6.34. The van der Waals surface area contributed by atoms with Gasteiger partial charge in [0.05, 0.1) is 0 Å². The maximum atomic E-state index is 6.80. The van der Waals surface area contributed by atoms with Crippen LogP contribution >= 0.6 is 0 Å². The van der Waals surface area contributed by atoms with E-state index < -0.39 is 18.4 Å². The van der Waals surface area contributed by atoms with Gasteiger partial charge < -0.3 is 0 Å². The molecule has 0 bridgehead atoms. The summed E-state index contributed by atoms with van der Waals surface area (Å²) in [5.74, 6) is 0. The molecule has 0 N–H and O–H groups in total. The number of aryl methyl sites for hydroxylation is 1. The number of methoxy groups -OCH3 is 1. The normalized spacial score (nSPS) is 13.2. The summed E-state index contributed by atoms with van der Waals surface area (Å²) in [6.07, 6.45) is 15.9. The van der Waals surface area contributed by atoms with Crippen LogP contribution in [0, 0.1) is 0 Å². The molecule has 0 fully saturated rings. The van der Waals surface area contributed by atoms with Crippen LogP contribution in [0.15, 0.2) is 42.5 Å². The Bertz CT molecular complexity index is 507. The van der Waals surface area contributed by atoms with Crippen LogP contribution in [0.5, 0.6) is 0 Å². The molecule has 30 heavy (non-hydrogen) atoms. The van der Waals surface area contributed by atoms with E-state index in [0.29, 0.717) is 10.7 Å². The van der Waals surface area contributed by atoms with E-state index in [4.69, 9.17) is 9.47 Å². The van der Waals surface area contributed by atoms with Gasteiger partial charge in [-0.05, 0) is 0 Å². The minimum atomic E-state index is -2.42. The Balaban J connectivity index is 2.96. The van der Waals surface area contributed by atoms with Gasteiger partial charge in [0.1, 0.15) is 0 Å². The quantitative estimate of drug-likeness (QED) is 0.104. The van der Waals surface area contributed by atoms with Gasteiger partial charge in [0.25, 0.3) is 0 Å². The number of ether oxygens (including phenoxy) is 2. The number of benzene rings is 1. The van der Waals surface area contributed by atoms with Gasteiger partial charge in [0.2, 0.25) is 0 Å². The molecule has 2 nitrogen and oxygen atoms in total. The second-order valence-corrected chi connectivity index (χ2v) is 22.7. The first-order chi connectivity index (χ1) is 14.7. The fourth-order valence-electron chi connectivity index (χ4n) is 4.51. The zero-order chi connectivity index (χ0) is 21.9. The summed E-state index contributed by atoms with van der Waals surface area (Å²) in [5, 5.41) is 0. The molecule has 3 heteroatoms. The first kappa shape index (κ1) is 27.7. The van der Waals surface area contributed by atoms with Gasteiger partial charge in [-0.15, -0.1) is 0 Å². The van der Waals surface area contributed by atoms with E-state index in [1.54, 1.807) is 7.11 Å². The molecule has 0 aliphatic heterocycles. The van der Waals surface area contributed by atoms with Crippen molar-refractivity contribution in [1.82, 2.24) is 0 Å². The Kier molecular flexibility index (Phi) is 16.9. The zero-order valence-electron chi connectivity index (χ0n) is 20.3. The van der Waals surface area contributed by atoms with Gasteiger partial charge in [-0.25, -0.2) is 0 Å². The number of unbranched alkanes of at least 4 members (excludes halogenated alkanes) is 3. The molecule has 0 aromatic heterocycles. The topological polar surface area (TPSA) is 18.5 Å². The molecule has 0 aliphatic rings. The Morgan fingerprint density at radius 2 is 1.47 bits per heavy atom. The van der Waals surface area contributed by atoms with Crippen LogP contribution in [-0.4, -0.2) is 42.8 Å². The van der Waals surface area contributed by atoms with Crippen molar-refractivity contribution < 1.29 is 9.47 Å². The van der Waals surface area contributed by atoms with Crippen LogP contribution < -0.4 is 0 Å². The molecule has 1 rings (SSSR count). The van der Waals surface area contributed by atoms with Crippen molar-refractivity contribution >= 4 is 18.4 Å². The summed E-state index contributed by atoms with van der Waals surface area (Å²) in [5.41, 5.74) is 1.47. The van der Waals surface area contributed by atoms with Crippen molar-refractivity contribution in [2.24, 2.45) is 0 Å². The van der Waals surface area contributed by atoms with Gasteiger partial charge in [0.15, 0.2) is 0 Å². The fraction of sp³-hybridized carbons (Fsp3) is 0.704. The molecule has 0 unspecified atom stereocenters. The maximum absolute atomic E-state index is 6.80. The summed E-state index contributed by atoms with van der Waals surface area (Å²) < 4.78 is 17.0. The molecule has 0 aliphatic carbocycles. The molecule has 0 heterocycles. The molecule has 0 saturated heterocycles. The van der Waals surface area contributed by atoms with E-state index in [-0.39, 0.29) is 0 Å². The van der Waals surface area contributed by atoms with Gasteiger partial charge in [-0.3, -0.25) is 0 Å². The molecule has 0 spiro atoms. The van der Waals surface area contributed by atoms with E-state index in [0.717, 1.165) is 19.4 Å². The molecule has 172 valence electrons. The van der Waals surface area contributed by atoms with Crippen LogP contribution in [0.4, 0.5) is 0 Å². The third-order valence-corrected chi connectivity index (χ3v) is 23.1. The minimum absolute atomic E-state index is 0.556. The third kappa shape index (κ3) is 11.3. The predicted octanol–water partition coefficient (Wildman–Crippen LogP) is 7.99. The fourth-order valence-corrected chi connectivity index (χ4v) is 22.0. The van der Waals surface area contributed by atoms with Crippen LogP contribution in [0.25, 0.3) is 0 Å². The average Bonchev–Trinajstić information content (AvgIpc) is 2.78. The average molecular weight is 523 g/mol. The van der Waals surface area contributed by atoms with Crippen molar-refractivity contribution in [3.8, 4) is 0 Å². The monoisotopic (exact) mass is 524 g/mol. The molecule has 1 aromatic rings. The van der Waals surface area contributed by atoms with E-state index in [1.807, 2.05) is 0 Å². The number of rotatable bonds is 19. The van der Waals surface area contributed by atoms with Gasteiger partial charge in [-0.1, -0.05) is 0 Å². The van der Waals surface area contributed by atoms with Crippen molar-refractivity contribution in [1.29, 1.82) is 0 Å². The zero-order valence-corrected chi connectivity index (χ0v) is 23.2. The molecule has 1 atom stereocenters. The van der Waals surface area contributed by atoms with Gasteiger partial charge >= 0.3 is 192 Å². The summed E-state index contributed by atoms with van der Waals surface area (Å²) >= 11 is -2.42. The molecule has 0 amide bonds. The molecular formula is C27H48O2Sn. The van der Waals surface area contributed by atoms with Gasteiger partial charge in [-0.2, -0.15) is 0 Å². The number of hydrogen-bond acceptors (Lipinski definition) is 2. The summed E-state index contributed by atoms with van der Waals surface area (Å²) in [6.45, 7) is 8.64. The van der Waals surface area contributed by atoms with E-state index in [9.17, 15) is 0 Å². The SMILES string of the molecule is CCC[CH2][Sn]([CH2]CCC)([CH2]CCC)[C@H](CCc1ccccc1)OCC/C=C/COC. The Hall–Kier alpha value is -0.321. The van der Waals surface area contributed by atoms with E-state index in [2.05, 4.69) is 63.3 Å². The molecule has 0 radical (unpaired) electrons. The van der Waals surface area contributed by atoms with E-state index in [1.165, 1.54) is 63.8 Å². The Morgan fingerprint density at radius 3 is 2.00 bits per heavy atom. The first-order valence-corrected chi connectivity index (χ1v) is 20.2. The van der Waals surface area contributed by atoms with Crippen molar-refractivity contribution in [2.45, 2.75) is 96.0 Å². The van der Waals surface area contributed by atoms with Crippen LogP contribution in [-0.2, 0) is 15.9 Å². The van der Waals surface area contributed by atoms with E-state index >= 15 is 0 Å². The van der Waals surface area contributed by atoms with Gasteiger partial charge in [0, 0.05) is 0 Å². The van der Waals surface area contributed by atoms with Crippen LogP contribution in [0.3, 0.4) is 0 Å². The predicted molar refractivity (Wildman–Crippen MR) is 135 cm³/mol. The van der Waals surface area contributed by atoms with Crippen LogP contribution in [0.2, 0.25) is 13.3 Å². The summed E-state index contributed by atoms with van der Waals surface area (Å²) in [4.78, 5) is 0. The van der Waals surface area contributed by atoms with Crippen LogP contribution in [0.1, 0.15) is 77.7 Å². The van der Waals surface area contributed by atoms with Crippen molar-refractivity contribution in [2.75, 3.05) is 20.3 Å². The van der Waals surface area contributed by atoms with Crippen molar-refractivity contribution in [3.63, 3.8) is 0 Å². The molecule has 0 saturated carbocycles. The summed E-state index contributed by atoms with van der Waals surface area (Å²) in [7, 11) is 1.75. The second kappa shape index (κ2) is 18.3. The molecular weight excluding hydrogens is 475 g/mol. The molecule has 1 aromatic carbocycles. The number of hydrogen-bond donors (Lipinski definition) is 0. The van der Waals surface area contributed by atoms with Crippen molar-refractivity contribution in [3.05, 3.63) is 48.0 Å².